The number of amides is 1. The van der Waals surface area contributed by atoms with E-state index >= 15 is 0 Å². The molecule has 2 fully saturated rings. The molecule has 2 saturated heterocycles. The van der Waals surface area contributed by atoms with E-state index in [1.54, 1.807) is 11.3 Å². The Morgan fingerprint density at radius 2 is 2.14 bits per heavy atom. The van der Waals surface area contributed by atoms with Crippen LogP contribution in [0, 0.1) is 11.8 Å². The molecule has 2 aliphatic heterocycles. The first kappa shape index (κ1) is 15.7. The molecule has 0 radical (unpaired) electrons. The number of rotatable bonds is 3. The third kappa shape index (κ3) is 3.79. The predicted octanol–water partition coefficient (Wildman–Crippen LogP) is 2.20. The van der Waals surface area contributed by atoms with Gasteiger partial charge in [-0.05, 0) is 44.7 Å². The fraction of sp³-hybridized carbons (Fsp3) is 0.750. The number of likely N-dealkylation sites (tertiary alicyclic amines) is 2. The zero-order valence-electron chi connectivity index (χ0n) is 13.3. The number of anilines is 1. The average molecular weight is 322 g/mol. The van der Waals surface area contributed by atoms with Crippen molar-refractivity contribution in [1.29, 1.82) is 0 Å². The van der Waals surface area contributed by atoms with Gasteiger partial charge in [-0.2, -0.15) is 0 Å². The van der Waals surface area contributed by atoms with Crippen LogP contribution in [0.15, 0.2) is 6.20 Å². The number of carbonyl (C=O) groups is 1. The summed E-state index contributed by atoms with van der Waals surface area (Å²) in [5.74, 6) is 1.29. The van der Waals surface area contributed by atoms with E-state index in [1.165, 1.54) is 17.7 Å². The number of hydrogen-bond donors (Lipinski definition) is 1. The minimum Gasteiger partial charge on any atom is -0.375 e. The van der Waals surface area contributed by atoms with Crippen LogP contribution in [0.4, 0.5) is 5.13 Å². The van der Waals surface area contributed by atoms with E-state index in [0.29, 0.717) is 17.0 Å². The number of piperidine rings is 2. The maximum absolute atomic E-state index is 12.6. The van der Waals surface area contributed by atoms with Crippen LogP contribution in [0.5, 0.6) is 0 Å². The van der Waals surface area contributed by atoms with Crippen molar-refractivity contribution < 1.29 is 4.79 Å². The van der Waals surface area contributed by atoms with Crippen LogP contribution < -0.4 is 5.73 Å². The molecule has 1 unspecified atom stereocenters. The normalized spacial score (nSPS) is 24.6. The van der Waals surface area contributed by atoms with E-state index in [-0.39, 0.29) is 5.92 Å². The second-order valence-electron chi connectivity index (χ2n) is 6.75. The molecule has 0 saturated carbocycles. The van der Waals surface area contributed by atoms with Gasteiger partial charge in [0.15, 0.2) is 5.13 Å². The van der Waals surface area contributed by atoms with Gasteiger partial charge in [0.05, 0.1) is 0 Å². The first-order valence-electron chi connectivity index (χ1n) is 8.33. The van der Waals surface area contributed by atoms with Crippen molar-refractivity contribution in [3.8, 4) is 0 Å². The minimum atomic E-state index is 0.230. The number of hydrogen-bond acceptors (Lipinski definition) is 5. The van der Waals surface area contributed by atoms with E-state index in [0.717, 1.165) is 45.6 Å². The van der Waals surface area contributed by atoms with Crippen molar-refractivity contribution in [3.63, 3.8) is 0 Å². The summed E-state index contributed by atoms with van der Waals surface area (Å²) in [5.41, 5.74) is 5.68. The van der Waals surface area contributed by atoms with Crippen LogP contribution in [0.2, 0.25) is 0 Å². The van der Waals surface area contributed by atoms with Crippen LogP contribution in [-0.2, 0) is 11.3 Å². The van der Waals surface area contributed by atoms with Crippen molar-refractivity contribution in [2.24, 2.45) is 11.8 Å². The summed E-state index contributed by atoms with van der Waals surface area (Å²) in [6.45, 7) is 7.08. The Bertz CT molecular complexity index is 510. The topological polar surface area (TPSA) is 62.5 Å². The highest BCUT2D eigenvalue weighted by Crippen LogP contribution is 2.25. The van der Waals surface area contributed by atoms with Crippen LogP contribution in [0.3, 0.4) is 0 Å². The zero-order valence-corrected chi connectivity index (χ0v) is 14.1. The Balaban J connectivity index is 1.47. The molecular weight excluding hydrogens is 296 g/mol. The number of thiazole rings is 1. The largest absolute Gasteiger partial charge is 0.375 e. The average Bonchev–Trinajstić information content (AvgIpc) is 2.92. The van der Waals surface area contributed by atoms with Crippen molar-refractivity contribution >= 4 is 22.4 Å². The van der Waals surface area contributed by atoms with E-state index in [2.05, 4.69) is 21.7 Å². The van der Waals surface area contributed by atoms with Gasteiger partial charge in [-0.3, -0.25) is 9.69 Å². The summed E-state index contributed by atoms with van der Waals surface area (Å²) in [7, 11) is 0. The highest BCUT2D eigenvalue weighted by molar-refractivity contribution is 7.15. The molecule has 1 atom stereocenters. The minimum absolute atomic E-state index is 0.230. The van der Waals surface area contributed by atoms with Crippen molar-refractivity contribution in [3.05, 3.63) is 11.1 Å². The van der Waals surface area contributed by atoms with Crippen LogP contribution in [-0.4, -0.2) is 46.9 Å². The lowest BCUT2D eigenvalue weighted by atomic mass is 9.93. The van der Waals surface area contributed by atoms with Gasteiger partial charge in [-0.15, -0.1) is 11.3 Å². The summed E-state index contributed by atoms with van der Waals surface area (Å²) < 4.78 is 0. The highest BCUT2D eigenvalue weighted by atomic mass is 32.1. The summed E-state index contributed by atoms with van der Waals surface area (Å²) in [5, 5.41) is 0.638. The fourth-order valence-electron chi connectivity index (χ4n) is 3.60. The van der Waals surface area contributed by atoms with E-state index in [4.69, 9.17) is 5.73 Å². The molecule has 0 spiro atoms. The van der Waals surface area contributed by atoms with Crippen LogP contribution >= 0.6 is 11.3 Å². The lowest BCUT2D eigenvalue weighted by Crippen LogP contribution is -2.45. The van der Waals surface area contributed by atoms with Gasteiger partial charge in [0.1, 0.15) is 0 Å². The molecule has 0 aliphatic carbocycles. The highest BCUT2D eigenvalue weighted by Gasteiger charge is 2.30. The monoisotopic (exact) mass is 322 g/mol. The maximum atomic E-state index is 12.6. The quantitative estimate of drug-likeness (QED) is 0.926. The molecule has 1 aromatic rings. The van der Waals surface area contributed by atoms with Crippen molar-refractivity contribution in [2.45, 2.75) is 39.2 Å². The first-order chi connectivity index (χ1) is 10.6. The summed E-state index contributed by atoms with van der Waals surface area (Å²) in [4.78, 5) is 22.5. The lowest BCUT2D eigenvalue weighted by molar-refractivity contribution is -0.138. The molecule has 1 amide bonds. The molecule has 22 heavy (non-hydrogen) atoms. The first-order valence-corrected chi connectivity index (χ1v) is 9.15. The Hall–Kier alpha value is -1.14. The Labute approximate surface area is 136 Å². The van der Waals surface area contributed by atoms with Gasteiger partial charge in [-0.1, -0.05) is 6.92 Å². The molecule has 2 aliphatic rings. The van der Waals surface area contributed by atoms with Gasteiger partial charge in [0.2, 0.25) is 5.91 Å². The summed E-state index contributed by atoms with van der Waals surface area (Å²) in [6.07, 6.45) is 6.26. The fourth-order valence-corrected chi connectivity index (χ4v) is 4.33. The third-order valence-corrected chi connectivity index (χ3v) is 5.67. The molecule has 5 nitrogen and oxygen atoms in total. The Morgan fingerprint density at radius 3 is 2.77 bits per heavy atom. The summed E-state index contributed by atoms with van der Waals surface area (Å²) >= 11 is 1.56. The molecule has 1 aromatic heterocycles. The molecular formula is C16H26N4OS. The SMILES string of the molecule is CC1CCCN(C(=O)C2CCN(Cc3cnc(N)s3)CC2)C1. The Kier molecular flexibility index (Phi) is 4.98. The van der Waals surface area contributed by atoms with Crippen molar-refractivity contribution in [1.82, 2.24) is 14.8 Å². The molecule has 122 valence electrons. The molecule has 3 rings (SSSR count). The molecule has 6 heteroatoms. The molecule has 0 bridgehead atoms. The van der Waals surface area contributed by atoms with E-state index in [9.17, 15) is 4.79 Å². The molecule has 0 aromatic carbocycles. The number of aromatic nitrogens is 1. The molecule has 3 heterocycles. The van der Waals surface area contributed by atoms with Gasteiger partial charge in [-0.25, -0.2) is 4.98 Å². The molecule has 2 N–H and O–H groups in total. The van der Waals surface area contributed by atoms with E-state index in [1.807, 2.05) is 6.20 Å². The third-order valence-electron chi connectivity index (χ3n) is 4.86. The van der Waals surface area contributed by atoms with E-state index < -0.39 is 0 Å². The Morgan fingerprint density at radius 1 is 1.36 bits per heavy atom. The second kappa shape index (κ2) is 6.96. The van der Waals surface area contributed by atoms with Gasteiger partial charge >= 0.3 is 0 Å². The second-order valence-corrected chi connectivity index (χ2v) is 7.89. The number of nitrogen functional groups attached to an aromatic ring is 1. The zero-order chi connectivity index (χ0) is 15.5. The predicted molar refractivity (Wildman–Crippen MR) is 89.5 cm³/mol. The standard InChI is InChI=1S/C16H26N4OS/c1-12-3-2-6-20(10-12)15(21)13-4-7-19(8-5-13)11-14-9-18-16(17)22-14/h9,12-13H,2-8,10-11H2,1H3,(H2,17,18). The summed E-state index contributed by atoms with van der Waals surface area (Å²) in [6, 6.07) is 0. The number of carbonyl (C=O) groups excluding carboxylic acids is 1. The number of nitrogens with zero attached hydrogens (tertiary/aromatic N) is 3. The maximum Gasteiger partial charge on any atom is 0.225 e. The van der Waals surface area contributed by atoms with Gasteiger partial charge < -0.3 is 10.6 Å². The lowest BCUT2D eigenvalue weighted by Gasteiger charge is -2.37. The van der Waals surface area contributed by atoms with Crippen LogP contribution in [0.25, 0.3) is 0 Å². The smallest absolute Gasteiger partial charge is 0.225 e. The number of nitrogens with two attached hydrogens (primary N) is 1. The van der Waals surface area contributed by atoms with Gasteiger partial charge in [0, 0.05) is 36.6 Å². The van der Waals surface area contributed by atoms with Crippen molar-refractivity contribution in [2.75, 3.05) is 31.9 Å². The van der Waals surface area contributed by atoms with Crippen LogP contribution in [0.1, 0.15) is 37.5 Å². The van der Waals surface area contributed by atoms with Gasteiger partial charge in [0.25, 0.3) is 0 Å².